The molecule has 17 heavy (non-hydrogen) atoms. The highest BCUT2D eigenvalue weighted by molar-refractivity contribution is 5.68. The van der Waals surface area contributed by atoms with Gasteiger partial charge in [-0.25, -0.2) is 8.78 Å². The number of phenols is 1. The van der Waals surface area contributed by atoms with E-state index in [4.69, 9.17) is 5.11 Å². The second kappa shape index (κ2) is 4.51. The van der Waals surface area contributed by atoms with Gasteiger partial charge in [0.15, 0.2) is 11.6 Å². The molecule has 0 amide bonds. The summed E-state index contributed by atoms with van der Waals surface area (Å²) in [5.41, 5.74) is 0.772. The molecule has 0 saturated carbocycles. The van der Waals surface area contributed by atoms with Crippen LogP contribution in [0.4, 0.5) is 8.78 Å². The van der Waals surface area contributed by atoms with Gasteiger partial charge in [0.2, 0.25) is 0 Å². The summed E-state index contributed by atoms with van der Waals surface area (Å²) in [6.45, 7) is -0.489. The molecule has 2 rings (SSSR count). The van der Waals surface area contributed by atoms with Crippen LogP contribution < -0.4 is 0 Å². The molecule has 0 aromatic heterocycles. The first-order chi connectivity index (χ1) is 8.13. The van der Waals surface area contributed by atoms with Gasteiger partial charge in [0.25, 0.3) is 0 Å². The first-order valence-corrected chi connectivity index (χ1v) is 4.92. The molecule has 4 heteroatoms. The molecule has 0 fully saturated rings. The lowest BCUT2D eigenvalue weighted by molar-refractivity contribution is 0.276. The molecule has 2 aromatic rings. The van der Waals surface area contributed by atoms with Crippen LogP contribution in [0, 0.1) is 17.7 Å². The molecule has 0 aliphatic heterocycles. The summed E-state index contributed by atoms with van der Waals surface area (Å²) in [5, 5.41) is 18.3. The van der Waals surface area contributed by atoms with Crippen molar-refractivity contribution in [3.8, 4) is 16.9 Å². The second-order valence-corrected chi connectivity index (χ2v) is 3.50. The van der Waals surface area contributed by atoms with Crippen molar-refractivity contribution in [2.24, 2.45) is 0 Å². The standard InChI is InChI=1S/C13H9F2O2/c14-11-3-1-2-9(10(11)7-16)8-4-5-12(15)13(17)6-8/h1,3-6,16-17H,7H2. The van der Waals surface area contributed by atoms with Gasteiger partial charge in [-0.15, -0.1) is 0 Å². The maximum atomic E-state index is 13.4. The first kappa shape index (κ1) is 11.5. The van der Waals surface area contributed by atoms with Crippen LogP contribution in [0.2, 0.25) is 0 Å². The van der Waals surface area contributed by atoms with Crippen molar-refractivity contribution < 1.29 is 19.0 Å². The predicted molar refractivity (Wildman–Crippen MR) is 58.2 cm³/mol. The normalized spacial score (nSPS) is 10.5. The number of halogens is 2. The third-order valence-corrected chi connectivity index (χ3v) is 2.44. The Bertz CT molecular complexity index is 553. The number of aromatic hydroxyl groups is 1. The van der Waals surface area contributed by atoms with Crippen molar-refractivity contribution >= 4 is 0 Å². The van der Waals surface area contributed by atoms with Crippen LogP contribution in [-0.4, -0.2) is 10.2 Å². The van der Waals surface area contributed by atoms with Gasteiger partial charge < -0.3 is 10.2 Å². The summed E-state index contributed by atoms with van der Waals surface area (Å²) < 4.78 is 26.3. The molecule has 2 aromatic carbocycles. The minimum absolute atomic E-state index is 0.0681. The molecule has 0 heterocycles. The zero-order chi connectivity index (χ0) is 12.4. The highest BCUT2D eigenvalue weighted by Gasteiger charge is 2.11. The Kier molecular flexibility index (Phi) is 3.06. The van der Waals surface area contributed by atoms with Crippen LogP contribution in [0.1, 0.15) is 5.56 Å². The van der Waals surface area contributed by atoms with E-state index in [9.17, 15) is 13.9 Å². The van der Waals surface area contributed by atoms with E-state index in [1.807, 2.05) is 0 Å². The van der Waals surface area contributed by atoms with E-state index in [1.165, 1.54) is 24.3 Å². The Morgan fingerprint density at radius 2 is 1.88 bits per heavy atom. The Morgan fingerprint density at radius 1 is 1.12 bits per heavy atom. The van der Waals surface area contributed by atoms with Crippen molar-refractivity contribution in [3.05, 3.63) is 53.6 Å². The molecular formula is C13H9F2O2. The van der Waals surface area contributed by atoms with Gasteiger partial charge >= 0.3 is 0 Å². The fraction of sp³-hybridized carbons (Fsp3) is 0.0769. The number of hydrogen-bond acceptors (Lipinski definition) is 2. The molecule has 0 spiro atoms. The van der Waals surface area contributed by atoms with Crippen molar-refractivity contribution in [2.75, 3.05) is 0 Å². The topological polar surface area (TPSA) is 40.5 Å². The highest BCUT2D eigenvalue weighted by Crippen LogP contribution is 2.29. The van der Waals surface area contributed by atoms with Gasteiger partial charge in [-0.2, -0.15) is 0 Å². The van der Waals surface area contributed by atoms with Crippen LogP contribution in [0.15, 0.2) is 30.3 Å². The fourth-order valence-electron chi connectivity index (χ4n) is 1.59. The van der Waals surface area contributed by atoms with Crippen LogP contribution in [0.5, 0.6) is 5.75 Å². The molecule has 0 bridgehead atoms. The molecule has 2 N–H and O–H groups in total. The molecule has 0 aliphatic rings. The van der Waals surface area contributed by atoms with E-state index in [0.717, 1.165) is 6.07 Å². The Hall–Kier alpha value is -1.94. The zero-order valence-electron chi connectivity index (χ0n) is 8.74. The van der Waals surface area contributed by atoms with Crippen LogP contribution >= 0.6 is 0 Å². The van der Waals surface area contributed by atoms with Gasteiger partial charge in [0.05, 0.1) is 6.61 Å². The van der Waals surface area contributed by atoms with E-state index in [-0.39, 0.29) is 5.56 Å². The third kappa shape index (κ3) is 2.12. The number of benzene rings is 2. The second-order valence-electron chi connectivity index (χ2n) is 3.50. The minimum atomic E-state index is -0.754. The van der Waals surface area contributed by atoms with Gasteiger partial charge in [0.1, 0.15) is 5.82 Å². The largest absolute Gasteiger partial charge is 0.505 e. The molecule has 0 unspecified atom stereocenters. The van der Waals surface area contributed by atoms with Crippen molar-refractivity contribution in [2.45, 2.75) is 6.61 Å². The average molecular weight is 235 g/mol. The Labute approximate surface area is 96.8 Å². The lowest BCUT2D eigenvalue weighted by Crippen LogP contribution is -1.94. The Balaban J connectivity index is 2.60. The van der Waals surface area contributed by atoms with E-state index in [0.29, 0.717) is 11.1 Å². The first-order valence-electron chi connectivity index (χ1n) is 4.92. The zero-order valence-corrected chi connectivity index (χ0v) is 8.74. The van der Waals surface area contributed by atoms with Gasteiger partial charge in [0, 0.05) is 5.56 Å². The predicted octanol–water partition coefficient (Wildman–Crippen LogP) is 2.63. The molecule has 0 saturated heterocycles. The van der Waals surface area contributed by atoms with Crippen molar-refractivity contribution in [1.82, 2.24) is 0 Å². The van der Waals surface area contributed by atoms with Gasteiger partial charge in [-0.3, -0.25) is 0 Å². The molecule has 1 radical (unpaired) electrons. The summed E-state index contributed by atoms with van der Waals surface area (Å²) in [6, 6.07) is 8.93. The number of aliphatic hydroxyl groups is 1. The van der Waals surface area contributed by atoms with Crippen molar-refractivity contribution in [1.29, 1.82) is 0 Å². The fourth-order valence-corrected chi connectivity index (χ4v) is 1.59. The van der Waals surface area contributed by atoms with E-state index >= 15 is 0 Å². The quantitative estimate of drug-likeness (QED) is 0.840. The van der Waals surface area contributed by atoms with Crippen LogP contribution in [-0.2, 0) is 6.61 Å². The van der Waals surface area contributed by atoms with Gasteiger partial charge in [-0.1, -0.05) is 12.1 Å². The summed E-state index contributed by atoms with van der Waals surface area (Å²) >= 11 is 0. The molecule has 0 aliphatic carbocycles. The Morgan fingerprint density at radius 3 is 2.53 bits per heavy atom. The van der Waals surface area contributed by atoms with E-state index in [1.54, 1.807) is 0 Å². The number of hydrogen-bond donors (Lipinski definition) is 2. The van der Waals surface area contributed by atoms with E-state index < -0.39 is 24.0 Å². The summed E-state index contributed by atoms with van der Waals surface area (Å²) in [7, 11) is 0. The third-order valence-electron chi connectivity index (χ3n) is 2.44. The monoisotopic (exact) mass is 235 g/mol. The lowest BCUT2D eigenvalue weighted by atomic mass is 9.99. The lowest BCUT2D eigenvalue weighted by Gasteiger charge is -2.08. The van der Waals surface area contributed by atoms with Gasteiger partial charge in [-0.05, 0) is 35.4 Å². The molecule has 87 valence electrons. The van der Waals surface area contributed by atoms with Crippen LogP contribution in [0.3, 0.4) is 0 Å². The highest BCUT2D eigenvalue weighted by atomic mass is 19.1. The summed E-state index contributed by atoms with van der Waals surface area (Å²) in [5.74, 6) is -1.84. The number of phenolic OH excluding ortho intramolecular Hbond substituents is 1. The maximum absolute atomic E-state index is 13.4. The van der Waals surface area contributed by atoms with E-state index in [2.05, 4.69) is 6.07 Å². The summed E-state index contributed by atoms with van der Waals surface area (Å²) in [6.07, 6.45) is 0. The van der Waals surface area contributed by atoms with Crippen molar-refractivity contribution in [3.63, 3.8) is 0 Å². The summed E-state index contributed by atoms with van der Waals surface area (Å²) in [4.78, 5) is 0. The SMILES string of the molecule is OCc1c(-c2ccc(F)c(O)c2)[c]ccc1F. The van der Waals surface area contributed by atoms with Crippen LogP contribution in [0.25, 0.3) is 11.1 Å². The molecule has 0 atom stereocenters. The number of aliphatic hydroxyl groups excluding tert-OH is 1. The molecular weight excluding hydrogens is 226 g/mol. The maximum Gasteiger partial charge on any atom is 0.164 e. The minimum Gasteiger partial charge on any atom is -0.505 e. The smallest absolute Gasteiger partial charge is 0.164 e. The average Bonchev–Trinajstić information content (AvgIpc) is 2.32. The number of rotatable bonds is 2. The molecule has 2 nitrogen and oxygen atoms in total.